The Morgan fingerprint density at radius 2 is 2.32 bits per heavy atom. The number of thiophene rings is 1. The van der Waals surface area contributed by atoms with Crippen LogP contribution in [-0.2, 0) is 17.9 Å². The number of fused-ring (bicyclic) bond motifs is 1. The first-order valence-corrected chi connectivity index (χ1v) is 6.93. The molecule has 0 aliphatic rings. The number of hydrogen-bond acceptors (Lipinski definition) is 5. The van der Waals surface area contributed by atoms with Crippen LogP contribution in [0.3, 0.4) is 0 Å². The fraction of sp³-hybridized carbons (Fsp3) is 0.214. The van der Waals surface area contributed by atoms with E-state index < -0.39 is 0 Å². The van der Waals surface area contributed by atoms with E-state index in [0.29, 0.717) is 12.5 Å². The van der Waals surface area contributed by atoms with E-state index in [1.54, 1.807) is 18.4 Å². The molecule has 0 fully saturated rings. The maximum Gasteiger partial charge on any atom is 0.221 e. The van der Waals surface area contributed by atoms with Gasteiger partial charge < -0.3 is 14.5 Å². The third-order valence-corrected chi connectivity index (χ3v) is 3.51. The summed E-state index contributed by atoms with van der Waals surface area (Å²) in [6, 6.07) is 8.03. The van der Waals surface area contributed by atoms with Gasteiger partial charge in [0.1, 0.15) is 12.1 Å². The third kappa shape index (κ3) is 2.77. The van der Waals surface area contributed by atoms with Gasteiger partial charge in [0.15, 0.2) is 5.58 Å². The lowest BCUT2D eigenvalue weighted by atomic mass is 10.2. The van der Waals surface area contributed by atoms with Gasteiger partial charge in [0.05, 0.1) is 0 Å². The predicted octanol–water partition coefficient (Wildman–Crippen LogP) is 3.65. The summed E-state index contributed by atoms with van der Waals surface area (Å²) in [5, 5.41) is 7.59. The summed E-state index contributed by atoms with van der Waals surface area (Å²) < 4.78 is 10.6. The van der Waals surface area contributed by atoms with Crippen LogP contribution in [0, 0.1) is 0 Å². The van der Waals surface area contributed by atoms with Gasteiger partial charge in [-0.3, -0.25) is 0 Å². The van der Waals surface area contributed by atoms with Crippen molar-refractivity contribution in [3.63, 3.8) is 0 Å². The fourth-order valence-electron chi connectivity index (χ4n) is 1.87. The normalized spacial score (nSPS) is 11.0. The average molecular weight is 274 g/mol. The molecule has 0 radical (unpaired) electrons. The summed E-state index contributed by atoms with van der Waals surface area (Å²) in [4.78, 5) is 4.38. The predicted molar refractivity (Wildman–Crippen MR) is 76.4 cm³/mol. The standard InChI is InChI=1S/C14H14N2O2S/c1-17-8-14-16-12-6-11(2-3-13(12)18-14)15-7-10-4-5-19-9-10/h2-6,9,15H,7-8H2,1H3. The lowest BCUT2D eigenvalue weighted by molar-refractivity contribution is 0.161. The maximum absolute atomic E-state index is 5.55. The second-order valence-corrected chi connectivity index (χ2v) is 4.99. The van der Waals surface area contributed by atoms with E-state index in [0.717, 1.165) is 23.3 Å². The molecule has 3 rings (SSSR count). The molecule has 0 saturated carbocycles. The Morgan fingerprint density at radius 3 is 3.11 bits per heavy atom. The molecule has 5 heteroatoms. The quantitative estimate of drug-likeness (QED) is 0.771. The molecular weight excluding hydrogens is 260 g/mol. The molecule has 1 aromatic carbocycles. The molecule has 0 spiro atoms. The Kier molecular flexibility index (Phi) is 3.48. The molecule has 2 heterocycles. The SMILES string of the molecule is COCc1nc2cc(NCc3ccsc3)ccc2o1. The first-order valence-electron chi connectivity index (χ1n) is 5.98. The molecule has 0 aliphatic heterocycles. The topological polar surface area (TPSA) is 47.3 Å². The number of nitrogens with one attached hydrogen (secondary N) is 1. The largest absolute Gasteiger partial charge is 0.438 e. The van der Waals surface area contributed by atoms with Gasteiger partial charge >= 0.3 is 0 Å². The van der Waals surface area contributed by atoms with Crippen molar-refractivity contribution < 1.29 is 9.15 Å². The lowest BCUT2D eigenvalue weighted by Gasteiger charge is -2.03. The van der Waals surface area contributed by atoms with Crippen LogP contribution in [0.25, 0.3) is 11.1 Å². The molecule has 4 nitrogen and oxygen atoms in total. The highest BCUT2D eigenvalue weighted by molar-refractivity contribution is 7.07. The number of anilines is 1. The molecular formula is C14H14N2O2S. The Balaban J connectivity index is 1.77. The molecule has 19 heavy (non-hydrogen) atoms. The molecule has 1 N–H and O–H groups in total. The van der Waals surface area contributed by atoms with Crippen molar-refractivity contribution >= 4 is 28.1 Å². The van der Waals surface area contributed by atoms with Crippen LogP contribution in [-0.4, -0.2) is 12.1 Å². The number of oxazole rings is 1. The van der Waals surface area contributed by atoms with E-state index in [1.165, 1.54) is 5.56 Å². The summed E-state index contributed by atoms with van der Waals surface area (Å²) >= 11 is 1.70. The zero-order valence-corrected chi connectivity index (χ0v) is 11.4. The minimum Gasteiger partial charge on any atom is -0.438 e. The smallest absolute Gasteiger partial charge is 0.221 e. The van der Waals surface area contributed by atoms with Gasteiger partial charge in [-0.15, -0.1) is 0 Å². The number of hydrogen-bond donors (Lipinski definition) is 1. The van der Waals surface area contributed by atoms with Crippen LogP contribution in [0.5, 0.6) is 0 Å². The molecule has 0 bridgehead atoms. The average Bonchev–Trinajstić information content (AvgIpc) is 3.05. The summed E-state index contributed by atoms with van der Waals surface area (Å²) in [6.07, 6.45) is 0. The van der Waals surface area contributed by atoms with Gasteiger partial charge in [0.2, 0.25) is 5.89 Å². The molecule has 0 saturated heterocycles. The van der Waals surface area contributed by atoms with Crippen molar-refractivity contribution in [2.75, 3.05) is 12.4 Å². The van der Waals surface area contributed by atoms with E-state index in [9.17, 15) is 0 Å². The molecule has 0 atom stereocenters. The fourth-order valence-corrected chi connectivity index (χ4v) is 2.54. The number of ether oxygens (including phenoxy) is 1. The van der Waals surface area contributed by atoms with Crippen LogP contribution in [0.1, 0.15) is 11.5 Å². The molecule has 3 aromatic rings. The second-order valence-electron chi connectivity index (χ2n) is 4.21. The summed E-state index contributed by atoms with van der Waals surface area (Å²) in [6.45, 7) is 1.21. The molecule has 0 aliphatic carbocycles. The molecule has 98 valence electrons. The van der Waals surface area contributed by atoms with Crippen LogP contribution < -0.4 is 5.32 Å². The highest BCUT2D eigenvalue weighted by atomic mass is 32.1. The van der Waals surface area contributed by atoms with Crippen molar-refractivity contribution in [1.29, 1.82) is 0 Å². The number of aromatic nitrogens is 1. The van der Waals surface area contributed by atoms with E-state index in [2.05, 4.69) is 27.1 Å². The Labute approximate surface area is 115 Å². The lowest BCUT2D eigenvalue weighted by Crippen LogP contribution is -1.97. The zero-order chi connectivity index (χ0) is 13.1. The number of rotatable bonds is 5. The second kappa shape index (κ2) is 5.42. The zero-order valence-electron chi connectivity index (χ0n) is 10.6. The van der Waals surface area contributed by atoms with Gasteiger partial charge in [-0.2, -0.15) is 11.3 Å². The van der Waals surface area contributed by atoms with Crippen LogP contribution in [0.2, 0.25) is 0 Å². The summed E-state index contributed by atoms with van der Waals surface area (Å²) in [5.74, 6) is 0.604. The number of benzene rings is 1. The Morgan fingerprint density at radius 1 is 1.37 bits per heavy atom. The maximum atomic E-state index is 5.55. The van der Waals surface area contributed by atoms with E-state index in [4.69, 9.17) is 9.15 Å². The van der Waals surface area contributed by atoms with Crippen LogP contribution in [0.15, 0.2) is 39.4 Å². The van der Waals surface area contributed by atoms with Gasteiger partial charge in [-0.05, 0) is 40.6 Å². The molecule has 0 amide bonds. The first-order chi connectivity index (χ1) is 9.35. The highest BCUT2D eigenvalue weighted by Crippen LogP contribution is 2.21. The first kappa shape index (κ1) is 12.2. The van der Waals surface area contributed by atoms with Crippen molar-refractivity contribution in [2.24, 2.45) is 0 Å². The molecule has 2 aromatic heterocycles. The Hall–Kier alpha value is -1.85. The van der Waals surface area contributed by atoms with E-state index in [1.807, 2.05) is 18.2 Å². The van der Waals surface area contributed by atoms with Crippen molar-refractivity contribution in [2.45, 2.75) is 13.2 Å². The van der Waals surface area contributed by atoms with Crippen molar-refractivity contribution in [1.82, 2.24) is 4.98 Å². The number of nitrogens with zero attached hydrogens (tertiary/aromatic N) is 1. The minimum absolute atomic E-state index is 0.395. The summed E-state index contributed by atoms with van der Waals surface area (Å²) in [7, 11) is 1.63. The van der Waals surface area contributed by atoms with Crippen molar-refractivity contribution in [3.8, 4) is 0 Å². The molecule has 0 unspecified atom stereocenters. The van der Waals surface area contributed by atoms with Crippen LogP contribution in [0.4, 0.5) is 5.69 Å². The van der Waals surface area contributed by atoms with Gasteiger partial charge in [0.25, 0.3) is 0 Å². The third-order valence-electron chi connectivity index (χ3n) is 2.78. The summed E-state index contributed by atoms with van der Waals surface area (Å²) in [5.41, 5.74) is 3.96. The van der Waals surface area contributed by atoms with E-state index in [-0.39, 0.29) is 0 Å². The Bertz CT molecular complexity index is 661. The monoisotopic (exact) mass is 274 g/mol. The highest BCUT2D eigenvalue weighted by Gasteiger charge is 2.06. The van der Waals surface area contributed by atoms with Gasteiger partial charge in [-0.1, -0.05) is 0 Å². The van der Waals surface area contributed by atoms with Gasteiger partial charge in [-0.25, -0.2) is 4.98 Å². The van der Waals surface area contributed by atoms with Crippen molar-refractivity contribution in [3.05, 3.63) is 46.5 Å². The van der Waals surface area contributed by atoms with Crippen LogP contribution >= 0.6 is 11.3 Å². The number of methoxy groups -OCH3 is 1. The van der Waals surface area contributed by atoms with Gasteiger partial charge in [0, 0.05) is 19.3 Å². The minimum atomic E-state index is 0.395. The van der Waals surface area contributed by atoms with E-state index >= 15 is 0 Å².